The van der Waals surface area contributed by atoms with E-state index in [0.29, 0.717) is 12.2 Å². The maximum atomic E-state index is 12.0. The van der Waals surface area contributed by atoms with Crippen LogP contribution in [0.4, 0.5) is 0 Å². The Morgan fingerprint density at radius 2 is 1.78 bits per heavy atom. The Kier molecular flexibility index (Phi) is 6.44. The van der Waals surface area contributed by atoms with E-state index in [1.54, 1.807) is 24.3 Å². The van der Waals surface area contributed by atoms with Crippen molar-refractivity contribution in [2.45, 2.75) is 45.6 Å². The number of rotatable bonds is 6. The Morgan fingerprint density at radius 1 is 1.13 bits per heavy atom. The monoisotopic (exact) mass is 318 g/mol. The number of hydrogen-bond acceptors (Lipinski definition) is 3. The van der Waals surface area contributed by atoms with Crippen LogP contribution >= 0.6 is 0 Å². The lowest BCUT2D eigenvalue weighted by Crippen LogP contribution is -2.43. The lowest BCUT2D eigenvalue weighted by atomic mass is 9.87. The number of nitrogens with one attached hydrogen (secondary N) is 2. The van der Waals surface area contributed by atoms with Gasteiger partial charge in [0.2, 0.25) is 5.91 Å². The molecule has 0 atom stereocenters. The molecule has 0 aromatic heterocycles. The SMILES string of the molecule is CCOc1ccc(C(=O)NCC(=O)NC2CCC(C)CC2)cc1. The first kappa shape index (κ1) is 17.3. The van der Waals surface area contributed by atoms with E-state index in [1.807, 2.05) is 6.92 Å². The van der Waals surface area contributed by atoms with Crippen molar-refractivity contribution >= 4 is 11.8 Å². The second-order valence-electron chi connectivity index (χ2n) is 6.16. The summed E-state index contributed by atoms with van der Waals surface area (Å²) in [4.78, 5) is 23.9. The zero-order valence-corrected chi connectivity index (χ0v) is 13.9. The summed E-state index contributed by atoms with van der Waals surface area (Å²) in [5.74, 6) is 1.11. The van der Waals surface area contributed by atoms with Gasteiger partial charge in [-0.3, -0.25) is 9.59 Å². The van der Waals surface area contributed by atoms with Crippen LogP contribution in [0.25, 0.3) is 0 Å². The van der Waals surface area contributed by atoms with Crippen molar-refractivity contribution in [1.82, 2.24) is 10.6 Å². The summed E-state index contributed by atoms with van der Waals surface area (Å²) in [5.41, 5.74) is 0.521. The molecule has 1 aromatic rings. The molecule has 2 rings (SSSR count). The summed E-state index contributed by atoms with van der Waals surface area (Å²) in [6, 6.07) is 7.14. The molecule has 1 aliphatic rings. The predicted octanol–water partition coefficient (Wildman–Crippen LogP) is 2.51. The lowest BCUT2D eigenvalue weighted by molar-refractivity contribution is -0.121. The van der Waals surface area contributed by atoms with E-state index in [0.717, 1.165) is 37.4 Å². The molecule has 2 amide bonds. The Morgan fingerprint density at radius 3 is 2.39 bits per heavy atom. The van der Waals surface area contributed by atoms with Crippen LogP contribution in [0.2, 0.25) is 0 Å². The quantitative estimate of drug-likeness (QED) is 0.847. The minimum absolute atomic E-state index is 0.0120. The van der Waals surface area contributed by atoms with E-state index in [9.17, 15) is 9.59 Å². The minimum atomic E-state index is -0.250. The van der Waals surface area contributed by atoms with E-state index in [-0.39, 0.29) is 24.4 Å². The van der Waals surface area contributed by atoms with Gasteiger partial charge >= 0.3 is 0 Å². The van der Waals surface area contributed by atoms with Gasteiger partial charge in [-0.05, 0) is 62.8 Å². The Bertz CT molecular complexity index is 520. The number of ether oxygens (including phenoxy) is 1. The largest absolute Gasteiger partial charge is 0.494 e. The highest BCUT2D eigenvalue weighted by molar-refractivity contribution is 5.96. The third-order valence-corrected chi connectivity index (χ3v) is 4.22. The summed E-state index contributed by atoms with van der Waals surface area (Å²) in [7, 11) is 0. The smallest absolute Gasteiger partial charge is 0.251 e. The van der Waals surface area contributed by atoms with Gasteiger partial charge in [-0.15, -0.1) is 0 Å². The van der Waals surface area contributed by atoms with E-state index >= 15 is 0 Å². The van der Waals surface area contributed by atoms with Gasteiger partial charge in [-0.25, -0.2) is 0 Å². The van der Waals surface area contributed by atoms with Crippen LogP contribution in [0.1, 0.15) is 49.9 Å². The van der Waals surface area contributed by atoms with Gasteiger partial charge < -0.3 is 15.4 Å². The molecule has 0 heterocycles. The molecule has 126 valence electrons. The average molecular weight is 318 g/mol. The van der Waals surface area contributed by atoms with E-state index in [2.05, 4.69) is 17.6 Å². The van der Waals surface area contributed by atoms with Crippen molar-refractivity contribution in [3.05, 3.63) is 29.8 Å². The summed E-state index contributed by atoms with van der Waals surface area (Å²) in [5, 5.41) is 5.66. The van der Waals surface area contributed by atoms with Gasteiger partial charge in [0.25, 0.3) is 5.91 Å². The maximum Gasteiger partial charge on any atom is 0.251 e. The van der Waals surface area contributed by atoms with Crippen LogP contribution in [-0.4, -0.2) is 31.0 Å². The summed E-state index contributed by atoms with van der Waals surface area (Å²) >= 11 is 0. The standard InChI is InChI=1S/C18H26N2O3/c1-3-23-16-10-6-14(7-11-16)18(22)19-12-17(21)20-15-8-4-13(2)5-9-15/h6-7,10-11,13,15H,3-5,8-9,12H2,1-2H3,(H,19,22)(H,20,21). The maximum absolute atomic E-state index is 12.0. The van der Waals surface area contributed by atoms with Crippen molar-refractivity contribution in [3.8, 4) is 5.75 Å². The highest BCUT2D eigenvalue weighted by Crippen LogP contribution is 2.23. The van der Waals surface area contributed by atoms with E-state index in [4.69, 9.17) is 4.74 Å². The molecule has 1 fully saturated rings. The molecule has 0 radical (unpaired) electrons. The van der Waals surface area contributed by atoms with E-state index < -0.39 is 0 Å². The van der Waals surface area contributed by atoms with Gasteiger partial charge in [-0.2, -0.15) is 0 Å². The van der Waals surface area contributed by atoms with Gasteiger partial charge in [-0.1, -0.05) is 6.92 Å². The molecule has 2 N–H and O–H groups in total. The predicted molar refractivity (Wildman–Crippen MR) is 89.5 cm³/mol. The fraction of sp³-hybridized carbons (Fsp3) is 0.556. The zero-order valence-electron chi connectivity index (χ0n) is 13.9. The number of amides is 2. The number of carbonyl (C=O) groups excluding carboxylic acids is 2. The molecule has 0 saturated heterocycles. The molecule has 0 spiro atoms. The molecule has 1 saturated carbocycles. The third-order valence-electron chi connectivity index (χ3n) is 4.22. The van der Waals surface area contributed by atoms with Gasteiger partial charge in [0, 0.05) is 11.6 Å². The summed E-state index contributed by atoms with van der Waals surface area (Å²) < 4.78 is 5.34. The zero-order chi connectivity index (χ0) is 16.7. The minimum Gasteiger partial charge on any atom is -0.494 e. The number of carbonyl (C=O) groups is 2. The third kappa shape index (κ3) is 5.58. The Labute approximate surface area is 137 Å². The van der Waals surface area contributed by atoms with Crippen molar-refractivity contribution in [1.29, 1.82) is 0 Å². The fourth-order valence-electron chi connectivity index (χ4n) is 2.81. The van der Waals surface area contributed by atoms with Gasteiger partial charge in [0.15, 0.2) is 0 Å². The normalized spacial score (nSPS) is 20.6. The average Bonchev–Trinajstić information content (AvgIpc) is 2.56. The Balaban J connectivity index is 1.73. The van der Waals surface area contributed by atoms with Crippen molar-refractivity contribution in [2.24, 2.45) is 5.92 Å². The summed E-state index contributed by atoms with van der Waals surface area (Å²) in [6.07, 6.45) is 4.37. The Hall–Kier alpha value is -2.04. The first-order valence-corrected chi connectivity index (χ1v) is 8.39. The van der Waals surface area contributed by atoms with E-state index in [1.165, 1.54) is 0 Å². The molecule has 5 nitrogen and oxygen atoms in total. The van der Waals surface area contributed by atoms with Crippen LogP contribution in [0.5, 0.6) is 5.75 Å². The van der Waals surface area contributed by atoms with Crippen molar-refractivity contribution < 1.29 is 14.3 Å². The molecule has 0 aliphatic heterocycles. The second-order valence-corrected chi connectivity index (χ2v) is 6.16. The van der Waals surface area contributed by atoms with Crippen LogP contribution in [-0.2, 0) is 4.79 Å². The lowest BCUT2D eigenvalue weighted by Gasteiger charge is -2.26. The first-order valence-electron chi connectivity index (χ1n) is 8.39. The highest BCUT2D eigenvalue weighted by atomic mass is 16.5. The van der Waals surface area contributed by atoms with Gasteiger partial charge in [0.1, 0.15) is 5.75 Å². The van der Waals surface area contributed by atoms with Crippen LogP contribution < -0.4 is 15.4 Å². The number of benzene rings is 1. The highest BCUT2D eigenvalue weighted by Gasteiger charge is 2.19. The molecule has 1 aromatic carbocycles. The number of hydrogen-bond donors (Lipinski definition) is 2. The van der Waals surface area contributed by atoms with Crippen LogP contribution in [0, 0.1) is 5.92 Å². The molecule has 0 unspecified atom stereocenters. The molecule has 1 aliphatic carbocycles. The molecule has 23 heavy (non-hydrogen) atoms. The fourth-order valence-corrected chi connectivity index (χ4v) is 2.81. The molecular weight excluding hydrogens is 292 g/mol. The summed E-state index contributed by atoms with van der Waals surface area (Å²) in [6.45, 7) is 4.76. The van der Waals surface area contributed by atoms with Crippen LogP contribution in [0.15, 0.2) is 24.3 Å². The first-order chi connectivity index (χ1) is 11.1. The topological polar surface area (TPSA) is 67.4 Å². The van der Waals surface area contributed by atoms with Gasteiger partial charge in [0.05, 0.1) is 13.2 Å². The van der Waals surface area contributed by atoms with Crippen molar-refractivity contribution in [2.75, 3.05) is 13.2 Å². The molecular formula is C18H26N2O3. The van der Waals surface area contributed by atoms with Crippen LogP contribution in [0.3, 0.4) is 0 Å². The second kappa shape index (κ2) is 8.56. The molecule has 5 heteroatoms. The molecule has 0 bridgehead atoms. The van der Waals surface area contributed by atoms with Crippen molar-refractivity contribution in [3.63, 3.8) is 0 Å².